The predicted octanol–water partition coefficient (Wildman–Crippen LogP) is 2.31. The van der Waals surface area contributed by atoms with Gasteiger partial charge in [-0.05, 0) is 37.4 Å². The average Bonchev–Trinajstić information content (AvgIpc) is 2.40. The zero-order valence-corrected chi connectivity index (χ0v) is 12.3. The molecular weight excluding hydrogens is 236 g/mol. The van der Waals surface area contributed by atoms with E-state index in [-0.39, 0.29) is 6.10 Å². The Labute approximate surface area is 116 Å². The van der Waals surface area contributed by atoms with Crippen LogP contribution in [0.3, 0.4) is 0 Å². The minimum absolute atomic E-state index is 0.206. The summed E-state index contributed by atoms with van der Waals surface area (Å²) in [4.78, 5) is 2.33. The molecule has 0 saturated carbocycles. The second-order valence-electron chi connectivity index (χ2n) is 5.69. The van der Waals surface area contributed by atoms with Gasteiger partial charge in [0.1, 0.15) is 0 Å². The zero-order chi connectivity index (χ0) is 13.8. The van der Waals surface area contributed by atoms with Crippen molar-refractivity contribution in [2.75, 3.05) is 24.5 Å². The van der Waals surface area contributed by atoms with Crippen LogP contribution in [0.5, 0.6) is 0 Å². The topological polar surface area (TPSA) is 35.5 Å². The van der Waals surface area contributed by atoms with Crippen LogP contribution in [0.25, 0.3) is 0 Å². The number of hydrogen-bond acceptors (Lipinski definition) is 3. The summed E-state index contributed by atoms with van der Waals surface area (Å²) in [6, 6.07) is 6.61. The Kier molecular flexibility index (Phi) is 4.83. The van der Waals surface area contributed by atoms with Crippen molar-refractivity contribution in [1.82, 2.24) is 5.32 Å². The average molecular weight is 262 g/mol. The van der Waals surface area contributed by atoms with Crippen molar-refractivity contribution >= 4 is 5.69 Å². The number of anilines is 1. The molecule has 0 aromatic heterocycles. The van der Waals surface area contributed by atoms with Crippen molar-refractivity contribution in [2.24, 2.45) is 5.92 Å². The Hall–Kier alpha value is -1.06. The molecule has 0 bridgehead atoms. The van der Waals surface area contributed by atoms with Gasteiger partial charge in [-0.1, -0.05) is 31.5 Å². The molecule has 3 nitrogen and oxygen atoms in total. The van der Waals surface area contributed by atoms with Crippen LogP contribution in [-0.2, 0) is 6.54 Å². The predicted molar refractivity (Wildman–Crippen MR) is 80.6 cm³/mol. The maximum absolute atomic E-state index is 10.1. The molecule has 0 radical (unpaired) electrons. The Morgan fingerprint density at radius 2 is 2.21 bits per heavy atom. The molecule has 2 unspecified atom stereocenters. The summed E-state index contributed by atoms with van der Waals surface area (Å²) in [6.45, 7) is 10.1. The first-order valence-electron chi connectivity index (χ1n) is 7.35. The molecule has 1 aromatic rings. The van der Waals surface area contributed by atoms with Gasteiger partial charge in [0.25, 0.3) is 0 Å². The van der Waals surface area contributed by atoms with E-state index in [1.54, 1.807) is 0 Å². The zero-order valence-electron chi connectivity index (χ0n) is 12.3. The number of hydrogen-bond donors (Lipinski definition) is 2. The summed E-state index contributed by atoms with van der Waals surface area (Å²) in [6.07, 6.45) is 0.859. The molecule has 19 heavy (non-hydrogen) atoms. The van der Waals surface area contributed by atoms with Gasteiger partial charge in [0, 0.05) is 25.3 Å². The van der Waals surface area contributed by atoms with Gasteiger partial charge in [-0.25, -0.2) is 0 Å². The van der Waals surface area contributed by atoms with Gasteiger partial charge in [0.05, 0.1) is 6.10 Å². The summed E-state index contributed by atoms with van der Waals surface area (Å²) in [7, 11) is 0. The first-order chi connectivity index (χ1) is 9.11. The van der Waals surface area contributed by atoms with Crippen molar-refractivity contribution in [1.29, 1.82) is 0 Å². The maximum atomic E-state index is 10.1. The fraction of sp³-hybridized carbons (Fsp3) is 0.625. The Morgan fingerprint density at radius 1 is 1.42 bits per heavy atom. The molecule has 2 atom stereocenters. The molecule has 2 N–H and O–H groups in total. The van der Waals surface area contributed by atoms with Crippen molar-refractivity contribution in [2.45, 2.75) is 39.8 Å². The first kappa shape index (κ1) is 14.4. The number of nitrogens with one attached hydrogen (secondary N) is 1. The van der Waals surface area contributed by atoms with E-state index >= 15 is 0 Å². The highest BCUT2D eigenvalue weighted by molar-refractivity contribution is 5.55. The second-order valence-corrected chi connectivity index (χ2v) is 5.69. The normalized spacial score (nSPS) is 23.7. The molecule has 1 aromatic carbocycles. The first-order valence-corrected chi connectivity index (χ1v) is 7.35. The molecule has 106 valence electrons. The molecule has 1 fully saturated rings. The summed E-state index contributed by atoms with van der Waals surface area (Å²) in [5.41, 5.74) is 3.91. The van der Waals surface area contributed by atoms with Crippen LogP contribution in [0, 0.1) is 12.8 Å². The van der Waals surface area contributed by atoms with Crippen LogP contribution in [-0.4, -0.2) is 30.8 Å². The molecule has 1 aliphatic heterocycles. The van der Waals surface area contributed by atoms with Crippen LogP contribution >= 0.6 is 0 Å². The third-order valence-electron chi connectivity index (χ3n) is 4.06. The van der Waals surface area contributed by atoms with E-state index in [1.807, 2.05) is 0 Å². The largest absolute Gasteiger partial charge is 0.391 e. The van der Waals surface area contributed by atoms with Gasteiger partial charge in [0.2, 0.25) is 0 Å². The Bertz CT molecular complexity index is 419. The Morgan fingerprint density at radius 3 is 2.89 bits per heavy atom. The van der Waals surface area contributed by atoms with E-state index in [2.05, 4.69) is 49.2 Å². The summed E-state index contributed by atoms with van der Waals surface area (Å²) < 4.78 is 0. The van der Waals surface area contributed by atoms with E-state index in [0.29, 0.717) is 5.92 Å². The Balaban J connectivity index is 2.18. The fourth-order valence-corrected chi connectivity index (χ4v) is 2.69. The van der Waals surface area contributed by atoms with E-state index in [4.69, 9.17) is 0 Å². The number of rotatable bonds is 4. The third-order valence-corrected chi connectivity index (χ3v) is 4.06. The van der Waals surface area contributed by atoms with Crippen molar-refractivity contribution in [3.63, 3.8) is 0 Å². The van der Waals surface area contributed by atoms with Crippen LogP contribution in [0.2, 0.25) is 0 Å². The minimum atomic E-state index is -0.206. The van der Waals surface area contributed by atoms with E-state index in [0.717, 1.165) is 32.6 Å². The molecule has 0 spiro atoms. The van der Waals surface area contributed by atoms with E-state index < -0.39 is 0 Å². The SMILES string of the molecule is CCNCc1cc(C)ccc1N1CCC(C)C(O)C1. The number of aliphatic hydroxyl groups excluding tert-OH is 1. The second kappa shape index (κ2) is 6.40. The highest BCUT2D eigenvalue weighted by atomic mass is 16.3. The molecule has 1 heterocycles. The highest BCUT2D eigenvalue weighted by Gasteiger charge is 2.25. The van der Waals surface area contributed by atoms with Gasteiger partial charge in [-0.15, -0.1) is 0 Å². The molecule has 1 aliphatic rings. The molecule has 2 rings (SSSR count). The van der Waals surface area contributed by atoms with Crippen LogP contribution in [0.15, 0.2) is 18.2 Å². The number of aryl methyl sites for hydroxylation is 1. The van der Waals surface area contributed by atoms with Crippen LogP contribution in [0.4, 0.5) is 5.69 Å². The molecule has 1 saturated heterocycles. The van der Waals surface area contributed by atoms with Crippen molar-refractivity contribution in [3.05, 3.63) is 29.3 Å². The maximum Gasteiger partial charge on any atom is 0.0741 e. The molecular formula is C16H26N2O. The number of benzene rings is 1. The summed E-state index contributed by atoms with van der Waals surface area (Å²) in [5.74, 6) is 0.416. The number of β-amino-alcohol motifs (C(OH)–C–C–N with tert-alkyl or cyclic N) is 1. The third kappa shape index (κ3) is 3.48. The lowest BCUT2D eigenvalue weighted by Gasteiger charge is -2.37. The minimum Gasteiger partial charge on any atom is -0.391 e. The van der Waals surface area contributed by atoms with Gasteiger partial charge >= 0.3 is 0 Å². The van der Waals surface area contributed by atoms with Gasteiger partial charge in [-0.2, -0.15) is 0 Å². The molecule has 0 amide bonds. The van der Waals surface area contributed by atoms with E-state index in [1.165, 1.54) is 16.8 Å². The van der Waals surface area contributed by atoms with E-state index in [9.17, 15) is 5.11 Å². The lowest BCUT2D eigenvalue weighted by Crippen LogP contribution is -2.43. The smallest absolute Gasteiger partial charge is 0.0741 e. The lowest BCUT2D eigenvalue weighted by atomic mass is 9.95. The quantitative estimate of drug-likeness (QED) is 0.874. The van der Waals surface area contributed by atoms with Gasteiger partial charge in [-0.3, -0.25) is 0 Å². The van der Waals surface area contributed by atoms with Gasteiger partial charge < -0.3 is 15.3 Å². The summed E-state index contributed by atoms with van der Waals surface area (Å²) >= 11 is 0. The van der Waals surface area contributed by atoms with Crippen molar-refractivity contribution < 1.29 is 5.11 Å². The van der Waals surface area contributed by atoms with Crippen LogP contribution in [0.1, 0.15) is 31.4 Å². The monoisotopic (exact) mass is 262 g/mol. The highest BCUT2D eigenvalue weighted by Crippen LogP contribution is 2.27. The molecule has 0 aliphatic carbocycles. The summed E-state index contributed by atoms with van der Waals surface area (Å²) in [5, 5.41) is 13.5. The fourth-order valence-electron chi connectivity index (χ4n) is 2.69. The van der Waals surface area contributed by atoms with Crippen LogP contribution < -0.4 is 10.2 Å². The standard InChI is InChI=1S/C16H26N2O/c1-4-17-10-14-9-12(2)5-6-15(14)18-8-7-13(3)16(19)11-18/h5-6,9,13,16-17,19H,4,7-8,10-11H2,1-3H3. The number of aliphatic hydroxyl groups is 1. The van der Waals surface area contributed by atoms with Gasteiger partial charge in [0.15, 0.2) is 0 Å². The number of nitrogens with zero attached hydrogens (tertiary/aromatic N) is 1. The lowest BCUT2D eigenvalue weighted by molar-refractivity contribution is 0.103. The number of piperidine rings is 1. The molecule has 3 heteroatoms. The van der Waals surface area contributed by atoms with Crippen molar-refractivity contribution in [3.8, 4) is 0 Å².